The summed E-state index contributed by atoms with van der Waals surface area (Å²) in [5, 5.41) is 4.26. The van der Waals surface area contributed by atoms with E-state index in [2.05, 4.69) is 5.16 Å². The molecule has 0 bridgehead atoms. The zero-order chi connectivity index (χ0) is 16.5. The highest BCUT2D eigenvalue weighted by molar-refractivity contribution is 8.00. The molecule has 1 aromatic carbocycles. The summed E-state index contributed by atoms with van der Waals surface area (Å²) in [5.41, 5.74) is 0.993. The van der Waals surface area contributed by atoms with Crippen molar-refractivity contribution in [3.8, 4) is 11.3 Å². The van der Waals surface area contributed by atoms with Gasteiger partial charge in [0, 0.05) is 41.8 Å². The Morgan fingerprint density at radius 3 is 3.00 bits per heavy atom. The average molecular weight is 348 g/mol. The van der Waals surface area contributed by atoms with Crippen molar-refractivity contribution in [2.24, 2.45) is 0 Å². The first-order valence-corrected chi connectivity index (χ1v) is 9.00. The number of carbonyl (C=O) groups excluding carboxylic acids is 1. The molecule has 0 spiro atoms. The van der Waals surface area contributed by atoms with Gasteiger partial charge in [0.25, 0.3) is 5.91 Å². The smallest absolute Gasteiger partial charge is 0.276 e. The van der Waals surface area contributed by atoms with Crippen molar-refractivity contribution < 1.29 is 18.4 Å². The largest absolute Gasteiger partial charge is 0.380 e. The molecule has 4 rings (SSSR count). The first-order chi connectivity index (χ1) is 11.7. The Balaban J connectivity index is 1.55. The molecular formula is C17H17FN2O3S. The quantitative estimate of drug-likeness (QED) is 0.835. The zero-order valence-electron chi connectivity index (χ0n) is 13.0. The van der Waals surface area contributed by atoms with Gasteiger partial charge in [0.1, 0.15) is 5.82 Å². The van der Waals surface area contributed by atoms with Crippen LogP contribution < -0.4 is 0 Å². The zero-order valence-corrected chi connectivity index (χ0v) is 13.8. The third kappa shape index (κ3) is 2.93. The first kappa shape index (κ1) is 15.7. The van der Waals surface area contributed by atoms with Crippen molar-refractivity contribution in [3.63, 3.8) is 0 Å². The van der Waals surface area contributed by atoms with Crippen LogP contribution in [-0.4, -0.2) is 52.8 Å². The average Bonchev–Trinajstić information content (AvgIpc) is 3.11. The molecule has 0 unspecified atom stereocenters. The summed E-state index contributed by atoms with van der Waals surface area (Å²) < 4.78 is 23.8. The predicted molar refractivity (Wildman–Crippen MR) is 88.4 cm³/mol. The lowest BCUT2D eigenvalue weighted by Gasteiger charge is -2.43. The van der Waals surface area contributed by atoms with Crippen LogP contribution in [-0.2, 0) is 4.74 Å². The van der Waals surface area contributed by atoms with Crippen LogP contribution >= 0.6 is 11.8 Å². The van der Waals surface area contributed by atoms with Crippen molar-refractivity contribution in [1.82, 2.24) is 10.1 Å². The number of carbonyl (C=O) groups is 1. The Labute approximate surface area is 143 Å². The highest BCUT2D eigenvalue weighted by Crippen LogP contribution is 2.31. The van der Waals surface area contributed by atoms with Gasteiger partial charge >= 0.3 is 0 Å². The molecule has 2 aliphatic rings. The summed E-state index contributed by atoms with van der Waals surface area (Å²) in [6, 6.07) is 7.75. The van der Waals surface area contributed by atoms with Crippen molar-refractivity contribution in [1.29, 1.82) is 0 Å². The van der Waals surface area contributed by atoms with Crippen LogP contribution in [0.15, 0.2) is 34.9 Å². The minimum Gasteiger partial charge on any atom is -0.380 e. The van der Waals surface area contributed by atoms with Gasteiger partial charge in [0.05, 0.1) is 6.61 Å². The van der Waals surface area contributed by atoms with E-state index in [-0.39, 0.29) is 17.8 Å². The molecule has 1 amide bonds. The van der Waals surface area contributed by atoms with Crippen LogP contribution in [0.5, 0.6) is 0 Å². The second-order valence-corrected chi connectivity index (χ2v) is 7.27. The number of thioether (sulfide) groups is 1. The third-order valence-corrected chi connectivity index (χ3v) is 5.75. The number of amides is 1. The minimum absolute atomic E-state index is 0.107. The van der Waals surface area contributed by atoms with Gasteiger partial charge < -0.3 is 14.2 Å². The summed E-state index contributed by atoms with van der Waals surface area (Å²) in [7, 11) is 0. The van der Waals surface area contributed by atoms with Crippen LogP contribution in [0.25, 0.3) is 11.3 Å². The fourth-order valence-electron chi connectivity index (χ4n) is 3.21. The lowest BCUT2D eigenvalue weighted by molar-refractivity contribution is 0.0313. The number of halogens is 1. The van der Waals surface area contributed by atoms with E-state index in [1.807, 2.05) is 16.7 Å². The number of ether oxygens (including phenoxy) is 1. The topological polar surface area (TPSA) is 55.6 Å². The molecule has 2 fully saturated rings. The van der Waals surface area contributed by atoms with Crippen LogP contribution in [0.2, 0.25) is 0 Å². The highest BCUT2D eigenvalue weighted by Gasteiger charge is 2.38. The molecule has 0 saturated carbocycles. The summed E-state index contributed by atoms with van der Waals surface area (Å²) in [4.78, 5) is 14.7. The number of aromatic nitrogens is 1. The molecule has 1 aromatic heterocycles. The number of hydrogen-bond acceptors (Lipinski definition) is 5. The van der Waals surface area contributed by atoms with Crippen LogP contribution in [0.1, 0.15) is 16.9 Å². The van der Waals surface area contributed by atoms with Gasteiger partial charge in [-0.1, -0.05) is 5.16 Å². The maximum atomic E-state index is 13.0. The Morgan fingerprint density at radius 2 is 2.17 bits per heavy atom. The molecular weight excluding hydrogens is 331 g/mol. The van der Waals surface area contributed by atoms with Gasteiger partial charge in [0.2, 0.25) is 0 Å². The van der Waals surface area contributed by atoms with E-state index in [9.17, 15) is 9.18 Å². The molecule has 126 valence electrons. The lowest BCUT2D eigenvalue weighted by Crippen LogP contribution is -2.54. The summed E-state index contributed by atoms with van der Waals surface area (Å²) in [6.45, 7) is 2.09. The maximum absolute atomic E-state index is 13.0. The predicted octanol–water partition coefficient (Wildman–Crippen LogP) is 2.83. The number of fused-ring (bicyclic) bond motifs is 1. The van der Waals surface area contributed by atoms with Crippen molar-refractivity contribution >= 4 is 17.7 Å². The molecule has 2 aliphatic heterocycles. The fourth-order valence-corrected chi connectivity index (χ4v) is 4.51. The molecule has 2 aromatic rings. The van der Waals surface area contributed by atoms with Gasteiger partial charge in [0.15, 0.2) is 11.5 Å². The van der Waals surface area contributed by atoms with E-state index in [1.54, 1.807) is 18.2 Å². The number of benzene rings is 1. The third-order valence-electron chi connectivity index (χ3n) is 4.45. The van der Waals surface area contributed by atoms with E-state index in [1.165, 1.54) is 12.1 Å². The molecule has 0 radical (unpaired) electrons. The van der Waals surface area contributed by atoms with Crippen molar-refractivity contribution in [2.45, 2.75) is 17.7 Å². The molecule has 0 N–H and O–H groups in total. The van der Waals surface area contributed by atoms with Gasteiger partial charge in [-0.25, -0.2) is 4.39 Å². The van der Waals surface area contributed by atoms with Crippen molar-refractivity contribution in [2.75, 3.05) is 25.5 Å². The number of rotatable bonds is 2. The fraction of sp³-hybridized carbons (Fsp3) is 0.412. The first-order valence-electron chi connectivity index (χ1n) is 7.95. The monoisotopic (exact) mass is 348 g/mol. The Kier molecular flexibility index (Phi) is 4.28. The van der Waals surface area contributed by atoms with Gasteiger partial charge in [-0.15, -0.1) is 0 Å². The van der Waals surface area contributed by atoms with E-state index in [0.717, 1.165) is 12.2 Å². The van der Waals surface area contributed by atoms with E-state index in [4.69, 9.17) is 9.26 Å². The van der Waals surface area contributed by atoms with Gasteiger partial charge in [-0.2, -0.15) is 11.8 Å². The summed E-state index contributed by atoms with van der Waals surface area (Å²) in [6.07, 6.45) is 0.853. The number of nitrogens with zero attached hydrogens (tertiary/aromatic N) is 2. The van der Waals surface area contributed by atoms with E-state index >= 15 is 0 Å². The second kappa shape index (κ2) is 6.57. The van der Waals surface area contributed by atoms with Crippen LogP contribution in [0.4, 0.5) is 4.39 Å². The molecule has 2 atom stereocenters. The molecule has 5 nitrogen and oxygen atoms in total. The van der Waals surface area contributed by atoms with E-state index in [0.29, 0.717) is 42.0 Å². The molecule has 0 aliphatic carbocycles. The summed E-state index contributed by atoms with van der Waals surface area (Å²) >= 11 is 1.87. The Bertz CT molecular complexity index is 732. The Hall–Kier alpha value is -1.86. The minimum atomic E-state index is -0.314. The van der Waals surface area contributed by atoms with Gasteiger partial charge in [-0.3, -0.25) is 4.79 Å². The normalized spacial score (nSPS) is 23.8. The molecule has 2 saturated heterocycles. The number of hydrogen-bond donors (Lipinski definition) is 0. The Morgan fingerprint density at radius 1 is 1.33 bits per heavy atom. The van der Waals surface area contributed by atoms with E-state index < -0.39 is 0 Å². The van der Waals surface area contributed by atoms with Crippen molar-refractivity contribution in [3.05, 3.63) is 41.8 Å². The molecule has 7 heteroatoms. The van der Waals surface area contributed by atoms with Gasteiger partial charge in [-0.05, 0) is 30.7 Å². The standard InChI is InChI=1S/C17H17FN2O3S/c18-12-3-1-11(2-4-12)15-9-13(19-23-15)17(21)20-6-8-24-16-10-22-7-5-14(16)20/h1-4,9,14,16H,5-8,10H2/t14-,16+/m0/s1. The summed E-state index contributed by atoms with van der Waals surface area (Å²) in [5.74, 6) is 0.947. The van der Waals surface area contributed by atoms with Crippen LogP contribution in [0, 0.1) is 5.82 Å². The second-order valence-electron chi connectivity index (χ2n) is 5.92. The lowest BCUT2D eigenvalue weighted by atomic mass is 10.1. The maximum Gasteiger partial charge on any atom is 0.276 e. The molecule has 24 heavy (non-hydrogen) atoms. The highest BCUT2D eigenvalue weighted by atomic mass is 32.2. The SMILES string of the molecule is O=C(c1cc(-c2ccc(F)cc2)on1)N1CCS[C@@H]2COCC[C@@H]21. The molecule has 3 heterocycles. The van der Waals surface area contributed by atoms with Crippen LogP contribution in [0.3, 0.4) is 0 Å².